The number of thiophene rings is 1. The predicted molar refractivity (Wildman–Crippen MR) is 71.6 cm³/mol. The molecular formula is C11H17BrN2OS. The van der Waals surface area contributed by atoms with Crippen molar-refractivity contribution in [3.8, 4) is 0 Å². The first kappa shape index (κ1) is 13.7. The van der Waals surface area contributed by atoms with Gasteiger partial charge in [0.15, 0.2) is 0 Å². The molecule has 0 bridgehead atoms. The zero-order valence-electron chi connectivity index (χ0n) is 9.79. The maximum Gasteiger partial charge on any atom is 0.239 e. The first-order chi connectivity index (χ1) is 7.54. The van der Waals surface area contributed by atoms with Crippen molar-refractivity contribution in [3.05, 3.63) is 20.8 Å². The number of halogens is 1. The quantitative estimate of drug-likeness (QED) is 0.906. The van der Waals surface area contributed by atoms with Crippen LogP contribution in [0, 0.1) is 0 Å². The average molecular weight is 305 g/mol. The smallest absolute Gasteiger partial charge is 0.239 e. The average Bonchev–Trinajstić information content (AvgIpc) is 2.69. The third kappa shape index (κ3) is 3.88. The van der Waals surface area contributed by atoms with E-state index in [4.69, 9.17) is 0 Å². The minimum atomic E-state index is -0.133. The summed E-state index contributed by atoms with van der Waals surface area (Å²) in [5.41, 5.74) is 0. The van der Waals surface area contributed by atoms with Gasteiger partial charge in [-0.15, -0.1) is 11.3 Å². The van der Waals surface area contributed by atoms with Gasteiger partial charge in [0.2, 0.25) is 5.91 Å². The van der Waals surface area contributed by atoms with E-state index in [9.17, 15) is 4.79 Å². The molecule has 1 aromatic heterocycles. The van der Waals surface area contributed by atoms with Gasteiger partial charge < -0.3 is 10.2 Å². The normalized spacial score (nSPS) is 12.5. The van der Waals surface area contributed by atoms with E-state index in [-0.39, 0.29) is 11.9 Å². The van der Waals surface area contributed by atoms with Gasteiger partial charge in [0, 0.05) is 25.0 Å². The molecule has 0 fully saturated rings. The summed E-state index contributed by atoms with van der Waals surface area (Å²) in [6, 6.07) is 3.94. The number of nitrogens with one attached hydrogen (secondary N) is 1. The fourth-order valence-corrected chi connectivity index (χ4v) is 2.71. The van der Waals surface area contributed by atoms with Crippen LogP contribution in [0.5, 0.6) is 0 Å². The molecule has 1 aromatic rings. The summed E-state index contributed by atoms with van der Waals surface area (Å²) in [6.07, 6.45) is 0. The van der Waals surface area contributed by atoms with Crippen LogP contribution in [0.1, 0.15) is 18.7 Å². The van der Waals surface area contributed by atoms with E-state index in [1.807, 2.05) is 27.0 Å². The molecule has 0 aliphatic heterocycles. The number of likely N-dealkylation sites (N-methyl/N-ethyl adjacent to an activating group) is 1. The fourth-order valence-electron chi connectivity index (χ4n) is 1.27. The van der Waals surface area contributed by atoms with E-state index in [0.29, 0.717) is 0 Å². The minimum absolute atomic E-state index is 0.133. The van der Waals surface area contributed by atoms with Crippen LogP contribution in [0.3, 0.4) is 0 Å². The maximum atomic E-state index is 11.8. The lowest BCUT2D eigenvalue weighted by atomic mass is 10.3. The second kappa shape index (κ2) is 6.37. The molecule has 0 spiro atoms. The van der Waals surface area contributed by atoms with Crippen molar-refractivity contribution in [1.82, 2.24) is 10.2 Å². The highest BCUT2D eigenvalue weighted by Crippen LogP contribution is 2.21. The molecule has 1 N–H and O–H groups in total. The second-order valence-electron chi connectivity index (χ2n) is 3.66. The van der Waals surface area contributed by atoms with Gasteiger partial charge in [-0.3, -0.25) is 4.79 Å². The zero-order chi connectivity index (χ0) is 12.1. The molecule has 0 saturated heterocycles. The van der Waals surface area contributed by atoms with Crippen LogP contribution >= 0.6 is 27.3 Å². The molecule has 0 radical (unpaired) electrons. The van der Waals surface area contributed by atoms with Crippen molar-refractivity contribution in [2.75, 3.05) is 13.6 Å². The number of amides is 1. The van der Waals surface area contributed by atoms with Gasteiger partial charge in [-0.05, 0) is 41.9 Å². The molecule has 90 valence electrons. The number of carbonyl (C=O) groups is 1. The number of carbonyl (C=O) groups excluding carboxylic acids is 1. The maximum absolute atomic E-state index is 11.8. The molecule has 0 aromatic carbocycles. The SMILES string of the molecule is CCN(C)C(=O)C(C)NCc1ccc(Br)s1. The first-order valence-electron chi connectivity index (χ1n) is 5.27. The Balaban J connectivity index is 2.40. The van der Waals surface area contributed by atoms with Gasteiger partial charge in [-0.1, -0.05) is 0 Å². The molecule has 0 aliphatic rings. The predicted octanol–water partition coefficient (Wildman–Crippen LogP) is 2.47. The zero-order valence-corrected chi connectivity index (χ0v) is 12.2. The van der Waals surface area contributed by atoms with E-state index in [2.05, 4.69) is 27.3 Å². The first-order valence-corrected chi connectivity index (χ1v) is 6.88. The lowest BCUT2D eigenvalue weighted by Crippen LogP contribution is -2.42. The van der Waals surface area contributed by atoms with Gasteiger partial charge in [0.05, 0.1) is 9.83 Å². The lowest BCUT2D eigenvalue weighted by Gasteiger charge is -2.20. The molecule has 1 atom stereocenters. The summed E-state index contributed by atoms with van der Waals surface area (Å²) in [4.78, 5) is 14.7. The molecule has 0 aliphatic carbocycles. The van der Waals surface area contributed by atoms with Crippen LogP contribution in [-0.4, -0.2) is 30.4 Å². The highest BCUT2D eigenvalue weighted by molar-refractivity contribution is 9.11. The van der Waals surface area contributed by atoms with Crippen molar-refractivity contribution < 1.29 is 4.79 Å². The summed E-state index contributed by atoms with van der Waals surface area (Å²) in [5.74, 6) is 0.137. The van der Waals surface area contributed by atoms with E-state index in [1.54, 1.807) is 16.2 Å². The molecule has 5 heteroatoms. The Morgan fingerprint density at radius 2 is 2.31 bits per heavy atom. The topological polar surface area (TPSA) is 32.3 Å². The fraction of sp³-hybridized carbons (Fsp3) is 0.545. The second-order valence-corrected chi connectivity index (χ2v) is 6.21. The van der Waals surface area contributed by atoms with Crippen LogP contribution < -0.4 is 5.32 Å². The van der Waals surface area contributed by atoms with E-state index in [0.717, 1.165) is 16.9 Å². The Morgan fingerprint density at radius 3 is 2.81 bits per heavy atom. The monoisotopic (exact) mass is 304 g/mol. The Hall–Kier alpha value is -0.390. The standard InChI is InChI=1S/C11H17BrN2OS/c1-4-14(3)11(15)8(2)13-7-9-5-6-10(12)16-9/h5-6,8,13H,4,7H2,1-3H3. The number of hydrogen-bond donors (Lipinski definition) is 1. The van der Waals surface area contributed by atoms with E-state index >= 15 is 0 Å². The van der Waals surface area contributed by atoms with Gasteiger partial charge in [0.1, 0.15) is 0 Å². The van der Waals surface area contributed by atoms with Gasteiger partial charge in [-0.2, -0.15) is 0 Å². The number of hydrogen-bond acceptors (Lipinski definition) is 3. The minimum Gasteiger partial charge on any atom is -0.345 e. The van der Waals surface area contributed by atoms with Gasteiger partial charge in [0.25, 0.3) is 0 Å². The Bertz CT molecular complexity index is 354. The van der Waals surface area contributed by atoms with Crippen LogP contribution in [0.25, 0.3) is 0 Å². The van der Waals surface area contributed by atoms with E-state index in [1.165, 1.54) is 4.88 Å². The van der Waals surface area contributed by atoms with E-state index < -0.39 is 0 Å². The summed E-state index contributed by atoms with van der Waals surface area (Å²) in [6.45, 7) is 5.36. The van der Waals surface area contributed by atoms with Crippen LogP contribution in [0.4, 0.5) is 0 Å². The third-order valence-corrected chi connectivity index (χ3v) is 4.06. The molecule has 1 unspecified atom stereocenters. The molecule has 16 heavy (non-hydrogen) atoms. The van der Waals surface area contributed by atoms with Crippen molar-refractivity contribution in [3.63, 3.8) is 0 Å². The van der Waals surface area contributed by atoms with Crippen LogP contribution in [0.2, 0.25) is 0 Å². The lowest BCUT2D eigenvalue weighted by molar-refractivity contribution is -0.131. The Morgan fingerprint density at radius 1 is 1.62 bits per heavy atom. The van der Waals surface area contributed by atoms with Crippen LogP contribution in [0.15, 0.2) is 15.9 Å². The summed E-state index contributed by atoms with van der Waals surface area (Å²) in [7, 11) is 1.82. The molecule has 0 saturated carbocycles. The molecular weight excluding hydrogens is 288 g/mol. The summed E-state index contributed by atoms with van der Waals surface area (Å²) in [5, 5.41) is 3.23. The van der Waals surface area contributed by atoms with Crippen LogP contribution in [-0.2, 0) is 11.3 Å². The molecule has 1 rings (SSSR count). The highest BCUT2D eigenvalue weighted by atomic mass is 79.9. The Labute approximate surface area is 109 Å². The van der Waals surface area contributed by atoms with Crippen molar-refractivity contribution >= 4 is 33.2 Å². The highest BCUT2D eigenvalue weighted by Gasteiger charge is 2.15. The summed E-state index contributed by atoms with van der Waals surface area (Å²) >= 11 is 5.10. The number of rotatable bonds is 5. The molecule has 1 amide bonds. The van der Waals surface area contributed by atoms with Crippen molar-refractivity contribution in [1.29, 1.82) is 0 Å². The van der Waals surface area contributed by atoms with Crippen molar-refractivity contribution in [2.24, 2.45) is 0 Å². The van der Waals surface area contributed by atoms with Crippen molar-refractivity contribution in [2.45, 2.75) is 26.4 Å². The van der Waals surface area contributed by atoms with Gasteiger partial charge >= 0.3 is 0 Å². The summed E-state index contributed by atoms with van der Waals surface area (Å²) < 4.78 is 1.12. The molecule has 3 nitrogen and oxygen atoms in total. The molecule has 1 heterocycles. The third-order valence-electron chi connectivity index (χ3n) is 2.43. The number of nitrogens with zero attached hydrogens (tertiary/aromatic N) is 1. The van der Waals surface area contributed by atoms with Gasteiger partial charge in [-0.25, -0.2) is 0 Å². The Kier molecular flexibility index (Phi) is 5.44. The largest absolute Gasteiger partial charge is 0.345 e.